The second-order valence-corrected chi connectivity index (χ2v) is 9.74. The van der Waals surface area contributed by atoms with Crippen LogP contribution in [-0.4, -0.2) is 21.2 Å². The summed E-state index contributed by atoms with van der Waals surface area (Å²) in [7, 11) is 0. The van der Waals surface area contributed by atoms with E-state index < -0.39 is 5.97 Å². The number of carboxylic acid groups (broad SMARTS) is 1. The topological polar surface area (TPSA) is 94.7 Å². The highest BCUT2D eigenvalue weighted by Crippen LogP contribution is 2.46. The van der Waals surface area contributed by atoms with Crippen LogP contribution in [0.5, 0.6) is 17.2 Å². The lowest BCUT2D eigenvalue weighted by molar-refractivity contribution is 0.0687. The van der Waals surface area contributed by atoms with Gasteiger partial charge in [-0.05, 0) is 66.8 Å². The van der Waals surface area contributed by atoms with E-state index in [1.807, 2.05) is 30.3 Å². The van der Waals surface area contributed by atoms with Gasteiger partial charge in [0.05, 0.1) is 15.6 Å². The average molecular weight is 547 g/mol. The zero-order valence-electron chi connectivity index (χ0n) is 19.9. The van der Waals surface area contributed by atoms with E-state index in [4.69, 9.17) is 37.2 Å². The molecular weight excluding hydrogens is 527 g/mol. The summed E-state index contributed by atoms with van der Waals surface area (Å²) in [5.74, 6) is 1.28. The summed E-state index contributed by atoms with van der Waals surface area (Å²) >= 11 is 12.9. The predicted octanol–water partition coefficient (Wildman–Crippen LogP) is 8.14. The van der Waals surface area contributed by atoms with E-state index >= 15 is 0 Å². The van der Waals surface area contributed by atoms with Gasteiger partial charge in [-0.3, -0.25) is 0 Å². The molecule has 2 heterocycles. The summed E-state index contributed by atoms with van der Waals surface area (Å²) in [4.78, 5) is 15.4. The van der Waals surface area contributed by atoms with Crippen LogP contribution >= 0.6 is 23.2 Å². The summed E-state index contributed by atoms with van der Waals surface area (Å²) in [6.45, 7) is 0.228. The molecule has 0 spiro atoms. The molecule has 0 atom stereocenters. The van der Waals surface area contributed by atoms with Crippen LogP contribution in [-0.2, 0) is 6.61 Å². The number of hydrogen-bond donors (Lipinski definition) is 1. The molecule has 0 unspecified atom stereocenters. The van der Waals surface area contributed by atoms with E-state index in [2.05, 4.69) is 10.1 Å². The first-order valence-corrected chi connectivity index (χ1v) is 12.7. The molecule has 1 aliphatic rings. The summed E-state index contributed by atoms with van der Waals surface area (Å²) in [5.41, 5.74) is 1.89. The molecule has 0 aliphatic heterocycles. The van der Waals surface area contributed by atoms with E-state index in [1.54, 1.807) is 36.4 Å². The molecule has 0 saturated heterocycles. The first-order valence-electron chi connectivity index (χ1n) is 11.9. The number of benzene rings is 3. The van der Waals surface area contributed by atoms with Crippen molar-refractivity contribution in [3.63, 3.8) is 0 Å². The number of pyridine rings is 1. The lowest BCUT2D eigenvalue weighted by Crippen LogP contribution is -2.03. The first-order chi connectivity index (χ1) is 18.5. The van der Waals surface area contributed by atoms with E-state index in [9.17, 15) is 9.90 Å². The first kappa shape index (κ1) is 24.3. The number of hydrogen-bond acceptors (Lipinski definition) is 6. The molecule has 38 heavy (non-hydrogen) atoms. The third kappa shape index (κ3) is 4.66. The molecule has 0 radical (unpaired) electrons. The molecule has 7 nitrogen and oxygen atoms in total. The largest absolute Gasteiger partial charge is 0.489 e. The van der Waals surface area contributed by atoms with Crippen LogP contribution < -0.4 is 9.47 Å². The van der Waals surface area contributed by atoms with Crippen molar-refractivity contribution < 1.29 is 23.9 Å². The monoisotopic (exact) mass is 546 g/mol. The highest BCUT2D eigenvalue weighted by Gasteiger charge is 2.33. The Morgan fingerprint density at radius 1 is 1.00 bits per heavy atom. The molecule has 1 fully saturated rings. The zero-order valence-corrected chi connectivity index (χ0v) is 21.4. The number of halogens is 2. The maximum atomic E-state index is 11.5. The van der Waals surface area contributed by atoms with Gasteiger partial charge in [0.2, 0.25) is 0 Å². The van der Waals surface area contributed by atoms with Crippen LogP contribution in [0.1, 0.15) is 40.6 Å². The van der Waals surface area contributed by atoms with E-state index in [-0.39, 0.29) is 18.1 Å². The Morgan fingerprint density at radius 2 is 1.76 bits per heavy atom. The Labute approximate surface area is 227 Å². The van der Waals surface area contributed by atoms with E-state index in [0.717, 1.165) is 34.9 Å². The van der Waals surface area contributed by atoms with Crippen molar-refractivity contribution in [2.75, 3.05) is 0 Å². The van der Waals surface area contributed by atoms with Gasteiger partial charge < -0.3 is 19.1 Å². The molecule has 0 amide bonds. The molecule has 9 heteroatoms. The second kappa shape index (κ2) is 10.0. The smallest absolute Gasteiger partial charge is 0.358 e. The number of ether oxygens (including phenoxy) is 2. The van der Waals surface area contributed by atoms with E-state index in [0.29, 0.717) is 38.7 Å². The van der Waals surface area contributed by atoms with Gasteiger partial charge in [-0.15, -0.1) is 0 Å². The Morgan fingerprint density at radius 3 is 2.53 bits per heavy atom. The third-order valence-electron chi connectivity index (χ3n) is 6.35. The highest BCUT2D eigenvalue weighted by molar-refractivity contribution is 6.39. The van der Waals surface area contributed by atoms with Crippen molar-refractivity contribution in [1.82, 2.24) is 10.1 Å². The fraction of sp³-hybridized carbons (Fsp3) is 0.138. The van der Waals surface area contributed by atoms with Crippen LogP contribution in [0.15, 0.2) is 77.4 Å². The van der Waals surface area contributed by atoms with Crippen molar-refractivity contribution in [2.24, 2.45) is 0 Å². The Kier molecular flexibility index (Phi) is 6.39. The summed E-state index contributed by atoms with van der Waals surface area (Å²) in [5, 5.41) is 16.4. The van der Waals surface area contributed by atoms with Gasteiger partial charge in [0.1, 0.15) is 29.6 Å². The van der Waals surface area contributed by atoms with Crippen molar-refractivity contribution >= 4 is 39.9 Å². The second-order valence-electron chi connectivity index (χ2n) is 8.93. The van der Waals surface area contributed by atoms with Gasteiger partial charge in [-0.1, -0.05) is 46.6 Å². The van der Waals surface area contributed by atoms with E-state index in [1.165, 1.54) is 6.20 Å². The maximum absolute atomic E-state index is 11.5. The quantitative estimate of drug-likeness (QED) is 0.210. The molecule has 190 valence electrons. The van der Waals surface area contributed by atoms with Crippen molar-refractivity contribution in [2.45, 2.75) is 25.4 Å². The fourth-order valence-electron chi connectivity index (χ4n) is 4.37. The SMILES string of the molecule is O=C(O)c1ncccc1Oc1cccc2cc(OCc3c(-c4c(Cl)cccc4Cl)noc3C3CC3)ccc12. The lowest BCUT2D eigenvalue weighted by Gasteiger charge is -2.12. The molecule has 5 aromatic rings. The lowest BCUT2D eigenvalue weighted by atomic mass is 10.0. The maximum Gasteiger partial charge on any atom is 0.358 e. The molecule has 6 rings (SSSR count). The van der Waals surface area contributed by atoms with Gasteiger partial charge >= 0.3 is 5.97 Å². The summed E-state index contributed by atoms with van der Waals surface area (Å²) < 4.78 is 17.9. The molecule has 1 saturated carbocycles. The van der Waals surface area contributed by atoms with Crippen LogP contribution in [0.2, 0.25) is 10.0 Å². The Balaban J connectivity index is 1.29. The van der Waals surface area contributed by atoms with Gasteiger partial charge in [-0.25, -0.2) is 9.78 Å². The standard InChI is InChI=1S/C29H20Cl2N2O5/c30-21-5-2-6-22(31)25(21)26-20(28(38-33-26)16-9-10-16)15-36-18-11-12-19-17(14-18)4-1-7-23(19)37-24-8-3-13-32-27(24)29(34)35/h1-8,11-14,16H,9-10,15H2,(H,34,35). The molecular formula is C29H20Cl2N2O5. The minimum absolute atomic E-state index is 0.154. The summed E-state index contributed by atoms with van der Waals surface area (Å²) in [6.07, 6.45) is 3.49. The molecule has 3 aromatic carbocycles. The van der Waals surface area contributed by atoms with Crippen molar-refractivity contribution in [3.8, 4) is 28.5 Å². The predicted molar refractivity (Wildman–Crippen MR) is 143 cm³/mol. The molecule has 2 aromatic heterocycles. The van der Waals surface area contributed by atoms with Gasteiger partial charge in [0.15, 0.2) is 11.4 Å². The van der Waals surface area contributed by atoms with Crippen molar-refractivity contribution in [3.05, 3.63) is 100.0 Å². The fourth-order valence-corrected chi connectivity index (χ4v) is 4.94. The van der Waals surface area contributed by atoms with Crippen LogP contribution in [0.25, 0.3) is 22.0 Å². The van der Waals surface area contributed by atoms with Gasteiger partial charge in [0.25, 0.3) is 0 Å². The number of carboxylic acids is 1. The summed E-state index contributed by atoms with van der Waals surface area (Å²) in [6, 6.07) is 19.7. The number of nitrogens with zero attached hydrogens (tertiary/aromatic N) is 2. The molecule has 1 aliphatic carbocycles. The number of carbonyl (C=O) groups is 1. The number of aromatic nitrogens is 2. The number of fused-ring (bicyclic) bond motifs is 1. The van der Waals surface area contributed by atoms with Gasteiger partial charge in [0, 0.05) is 23.1 Å². The van der Waals surface area contributed by atoms with Crippen LogP contribution in [0.3, 0.4) is 0 Å². The molecule has 0 bridgehead atoms. The normalized spacial score (nSPS) is 13.0. The highest BCUT2D eigenvalue weighted by atomic mass is 35.5. The zero-order chi connectivity index (χ0) is 26.2. The third-order valence-corrected chi connectivity index (χ3v) is 6.98. The Hall–Kier alpha value is -4.07. The number of aromatic carboxylic acids is 1. The minimum atomic E-state index is -1.16. The number of rotatable bonds is 8. The van der Waals surface area contributed by atoms with Crippen LogP contribution in [0, 0.1) is 0 Å². The van der Waals surface area contributed by atoms with Crippen molar-refractivity contribution in [1.29, 1.82) is 0 Å². The minimum Gasteiger partial charge on any atom is -0.489 e. The Bertz CT molecular complexity index is 1660. The molecule has 1 N–H and O–H groups in total. The van der Waals surface area contributed by atoms with Crippen LogP contribution in [0.4, 0.5) is 0 Å². The average Bonchev–Trinajstić information content (AvgIpc) is 3.68. The van der Waals surface area contributed by atoms with Gasteiger partial charge in [-0.2, -0.15) is 0 Å².